The number of hydrogen-bond acceptors (Lipinski definition) is 5. The average molecular weight is 351 g/mol. The first kappa shape index (κ1) is 17.7. The van der Waals surface area contributed by atoms with Crippen molar-refractivity contribution in [3.05, 3.63) is 65.5 Å². The van der Waals surface area contributed by atoms with Crippen molar-refractivity contribution in [2.45, 2.75) is 32.8 Å². The van der Waals surface area contributed by atoms with E-state index in [9.17, 15) is 4.79 Å². The van der Waals surface area contributed by atoms with E-state index in [1.54, 1.807) is 24.3 Å². The Morgan fingerprint density at radius 1 is 1.08 bits per heavy atom. The first-order valence-corrected chi connectivity index (χ1v) is 8.29. The van der Waals surface area contributed by atoms with Gasteiger partial charge in [0, 0.05) is 5.56 Å². The Hall–Kier alpha value is -3.15. The molecule has 0 spiro atoms. The third kappa shape index (κ3) is 3.91. The molecule has 0 saturated heterocycles. The minimum atomic E-state index is -0.550. The quantitative estimate of drug-likeness (QED) is 0.756. The van der Waals surface area contributed by atoms with Crippen molar-refractivity contribution in [1.82, 2.24) is 10.2 Å². The molecule has 0 unspecified atom stereocenters. The summed E-state index contributed by atoms with van der Waals surface area (Å²) in [7, 11) is 0. The van der Waals surface area contributed by atoms with Gasteiger partial charge < -0.3 is 14.9 Å². The number of primary amides is 1. The molecule has 0 fully saturated rings. The van der Waals surface area contributed by atoms with E-state index in [4.69, 9.17) is 14.9 Å². The molecule has 2 N–H and O–H groups in total. The van der Waals surface area contributed by atoms with Gasteiger partial charge in [-0.2, -0.15) is 0 Å². The molecule has 1 aromatic heterocycles. The molecule has 0 aliphatic rings. The summed E-state index contributed by atoms with van der Waals surface area (Å²) in [5.74, 6) is 0.575. The second-order valence-electron chi connectivity index (χ2n) is 6.98. The number of carbonyl (C=O) groups is 1. The number of para-hydroxylation sites is 1. The Labute approximate surface area is 152 Å². The van der Waals surface area contributed by atoms with Crippen LogP contribution in [0.4, 0.5) is 0 Å². The maximum absolute atomic E-state index is 11.4. The minimum Gasteiger partial charge on any atom is -0.483 e. The van der Waals surface area contributed by atoms with Crippen LogP contribution in [0, 0.1) is 0 Å². The molecule has 26 heavy (non-hydrogen) atoms. The maximum atomic E-state index is 11.4. The van der Waals surface area contributed by atoms with Crippen molar-refractivity contribution < 1.29 is 13.9 Å². The summed E-state index contributed by atoms with van der Waals surface area (Å²) in [4.78, 5) is 11.4. The number of nitrogens with two attached hydrogens (primary N) is 1. The molecule has 2 aromatic carbocycles. The van der Waals surface area contributed by atoms with Gasteiger partial charge in [0.2, 0.25) is 5.89 Å². The summed E-state index contributed by atoms with van der Waals surface area (Å²) in [6, 6.07) is 14.8. The fraction of sp³-hybridized carbons (Fsp3) is 0.250. The number of rotatable bonds is 5. The fourth-order valence-corrected chi connectivity index (χ4v) is 2.48. The smallest absolute Gasteiger partial charge is 0.254 e. The SMILES string of the molecule is CC(C)(C)c1ccc(-c2nnc(COc3ccccc3C(N)=O)o2)cc1. The summed E-state index contributed by atoms with van der Waals surface area (Å²) < 4.78 is 11.3. The van der Waals surface area contributed by atoms with Crippen LogP contribution in [0.25, 0.3) is 11.5 Å². The topological polar surface area (TPSA) is 91.2 Å². The van der Waals surface area contributed by atoms with Crippen LogP contribution in [0.3, 0.4) is 0 Å². The zero-order valence-corrected chi connectivity index (χ0v) is 15.0. The summed E-state index contributed by atoms with van der Waals surface area (Å²) in [5.41, 5.74) is 7.80. The predicted molar refractivity (Wildman–Crippen MR) is 97.7 cm³/mol. The van der Waals surface area contributed by atoms with Gasteiger partial charge in [-0.05, 0) is 35.2 Å². The largest absolute Gasteiger partial charge is 0.483 e. The van der Waals surface area contributed by atoms with Crippen LogP contribution in [0.2, 0.25) is 0 Å². The third-order valence-corrected chi connectivity index (χ3v) is 3.97. The molecule has 1 amide bonds. The van der Waals surface area contributed by atoms with Crippen LogP contribution in [-0.4, -0.2) is 16.1 Å². The molecule has 3 rings (SSSR count). The molecule has 0 bridgehead atoms. The number of aromatic nitrogens is 2. The Kier molecular flexibility index (Phi) is 4.75. The van der Waals surface area contributed by atoms with E-state index in [2.05, 4.69) is 43.1 Å². The first-order chi connectivity index (χ1) is 12.3. The molecule has 0 aliphatic heterocycles. The van der Waals surface area contributed by atoms with Gasteiger partial charge in [0.1, 0.15) is 5.75 Å². The number of nitrogens with zero attached hydrogens (tertiary/aromatic N) is 2. The molecule has 134 valence electrons. The molecule has 6 nitrogen and oxygen atoms in total. The van der Waals surface area contributed by atoms with Crippen molar-refractivity contribution in [1.29, 1.82) is 0 Å². The minimum absolute atomic E-state index is 0.0529. The summed E-state index contributed by atoms with van der Waals surface area (Å²) >= 11 is 0. The van der Waals surface area contributed by atoms with Crippen molar-refractivity contribution in [2.75, 3.05) is 0 Å². The predicted octanol–water partition coefficient (Wildman–Crippen LogP) is 3.71. The van der Waals surface area contributed by atoms with E-state index < -0.39 is 5.91 Å². The molecule has 0 saturated carbocycles. The van der Waals surface area contributed by atoms with Gasteiger partial charge >= 0.3 is 0 Å². The second kappa shape index (κ2) is 7.00. The van der Waals surface area contributed by atoms with Crippen molar-refractivity contribution >= 4 is 5.91 Å². The van der Waals surface area contributed by atoms with E-state index >= 15 is 0 Å². The van der Waals surface area contributed by atoms with Gasteiger partial charge in [-0.1, -0.05) is 45.0 Å². The van der Waals surface area contributed by atoms with E-state index in [1.165, 1.54) is 5.56 Å². The van der Waals surface area contributed by atoms with E-state index in [-0.39, 0.29) is 12.0 Å². The van der Waals surface area contributed by atoms with Crippen LogP contribution in [-0.2, 0) is 12.0 Å². The Balaban J connectivity index is 1.72. The highest BCUT2D eigenvalue weighted by atomic mass is 16.5. The second-order valence-corrected chi connectivity index (χ2v) is 6.98. The standard InChI is InChI=1S/C20H21N3O3/c1-20(2,3)14-10-8-13(9-11-14)19-23-22-17(26-19)12-25-16-7-5-4-6-15(16)18(21)24/h4-11H,12H2,1-3H3,(H2,21,24). The Morgan fingerprint density at radius 2 is 1.77 bits per heavy atom. The summed E-state index contributed by atoms with van der Waals surface area (Å²) in [6.07, 6.45) is 0. The third-order valence-electron chi connectivity index (χ3n) is 3.97. The van der Waals surface area contributed by atoms with E-state index in [1.807, 2.05) is 12.1 Å². The van der Waals surface area contributed by atoms with Crippen LogP contribution < -0.4 is 10.5 Å². The lowest BCUT2D eigenvalue weighted by Crippen LogP contribution is -2.12. The fourth-order valence-electron chi connectivity index (χ4n) is 2.48. The lowest BCUT2D eigenvalue weighted by atomic mass is 9.87. The molecule has 0 atom stereocenters. The van der Waals surface area contributed by atoms with Crippen LogP contribution >= 0.6 is 0 Å². The molecular formula is C20H21N3O3. The van der Waals surface area contributed by atoms with Crippen molar-refractivity contribution in [3.63, 3.8) is 0 Å². The summed E-state index contributed by atoms with van der Waals surface area (Å²) in [5, 5.41) is 8.06. The molecular weight excluding hydrogens is 330 g/mol. The van der Waals surface area contributed by atoms with Gasteiger partial charge in [-0.25, -0.2) is 0 Å². The number of benzene rings is 2. The zero-order chi connectivity index (χ0) is 18.7. The molecule has 0 aliphatic carbocycles. The first-order valence-electron chi connectivity index (χ1n) is 8.29. The Morgan fingerprint density at radius 3 is 2.42 bits per heavy atom. The number of amides is 1. The number of hydrogen-bond donors (Lipinski definition) is 1. The van der Waals surface area contributed by atoms with Gasteiger partial charge in [-0.15, -0.1) is 10.2 Å². The monoisotopic (exact) mass is 351 g/mol. The van der Waals surface area contributed by atoms with Gasteiger partial charge in [0.25, 0.3) is 11.8 Å². The van der Waals surface area contributed by atoms with Crippen LogP contribution in [0.5, 0.6) is 5.75 Å². The highest BCUT2D eigenvalue weighted by Crippen LogP contribution is 2.26. The van der Waals surface area contributed by atoms with Crippen LogP contribution in [0.1, 0.15) is 42.6 Å². The highest BCUT2D eigenvalue weighted by Gasteiger charge is 2.15. The molecule has 1 heterocycles. The molecule has 6 heteroatoms. The van der Waals surface area contributed by atoms with Gasteiger partial charge in [-0.3, -0.25) is 4.79 Å². The average Bonchev–Trinajstić information content (AvgIpc) is 3.08. The van der Waals surface area contributed by atoms with Crippen molar-refractivity contribution in [2.24, 2.45) is 5.73 Å². The van der Waals surface area contributed by atoms with E-state index in [0.717, 1.165) is 5.56 Å². The number of ether oxygens (including phenoxy) is 1. The molecule has 3 aromatic rings. The Bertz CT molecular complexity index is 909. The van der Waals surface area contributed by atoms with Gasteiger partial charge in [0.05, 0.1) is 5.56 Å². The lowest BCUT2D eigenvalue weighted by Gasteiger charge is -2.18. The van der Waals surface area contributed by atoms with E-state index in [0.29, 0.717) is 23.1 Å². The molecule has 0 radical (unpaired) electrons. The van der Waals surface area contributed by atoms with Crippen molar-refractivity contribution in [3.8, 4) is 17.2 Å². The summed E-state index contributed by atoms with van der Waals surface area (Å²) in [6.45, 7) is 6.54. The van der Waals surface area contributed by atoms with Crippen LogP contribution in [0.15, 0.2) is 52.9 Å². The normalized spacial score (nSPS) is 11.3. The number of carbonyl (C=O) groups excluding carboxylic acids is 1. The lowest BCUT2D eigenvalue weighted by molar-refractivity contribution is 0.0995. The highest BCUT2D eigenvalue weighted by molar-refractivity contribution is 5.95. The zero-order valence-electron chi connectivity index (χ0n) is 15.0. The van der Waals surface area contributed by atoms with Gasteiger partial charge in [0.15, 0.2) is 6.61 Å². The maximum Gasteiger partial charge on any atom is 0.254 e.